The molecule has 28 heavy (non-hydrogen) atoms. The van der Waals surface area contributed by atoms with Crippen molar-refractivity contribution in [2.75, 3.05) is 52.6 Å². The van der Waals surface area contributed by atoms with E-state index in [0.29, 0.717) is 26.4 Å². The third-order valence-electron chi connectivity index (χ3n) is 4.50. The van der Waals surface area contributed by atoms with E-state index in [2.05, 4.69) is 28.1 Å². The highest BCUT2D eigenvalue weighted by Gasteiger charge is 2.05. The number of fused-ring (bicyclic) bond motifs is 2. The molecule has 6 nitrogen and oxygen atoms in total. The Hall–Kier alpha value is -2.12. The van der Waals surface area contributed by atoms with Gasteiger partial charge in [0.05, 0.1) is 13.2 Å². The highest BCUT2D eigenvalue weighted by Crippen LogP contribution is 2.18. The maximum Gasteiger partial charge on any atom is 0.123 e. The van der Waals surface area contributed by atoms with Crippen molar-refractivity contribution in [3.8, 4) is 11.5 Å². The van der Waals surface area contributed by atoms with Crippen LogP contribution in [0.4, 0.5) is 0 Å². The summed E-state index contributed by atoms with van der Waals surface area (Å²) in [5.41, 5.74) is 2.33. The lowest BCUT2D eigenvalue weighted by Crippen LogP contribution is -2.32. The summed E-state index contributed by atoms with van der Waals surface area (Å²) >= 11 is 0. The van der Waals surface area contributed by atoms with Gasteiger partial charge in [0, 0.05) is 50.4 Å². The number of benzene rings is 2. The minimum absolute atomic E-state index is 0.527. The van der Waals surface area contributed by atoms with E-state index < -0.39 is 0 Å². The van der Waals surface area contributed by atoms with Gasteiger partial charge in [-0.2, -0.15) is 0 Å². The fourth-order valence-corrected chi connectivity index (χ4v) is 3.03. The van der Waals surface area contributed by atoms with Gasteiger partial charge in [-0.05, 0) is 12.1 Å². The van der Waals surface area contributed by atoms with Gasteiger partial charge in [-0.15, -0.1) is 0 Å². The molecule has 0 aliphatic carbocycles. The van der Waals surface area contributed by atoms with E-state index in [9.17, 15) is 0 Å². The molecule has 0 unspecified atom stereocenters. The largest absolute Gasteiger partial charge is 0.491 e. The fourth-order valence-electron chi connectivity index (χ4n) is 3.03. The van der Waals surface area contributed by atoms with Gasteiger partial charge in [0.25, 0.3) is 0 Å². The van der Waals surface area contributed by atoms with Crippen LogP contribution in [-0.2, 0) is 17.8 Å². The molecule has 6 heteroatoms. The molecule has 0 amide bonds. The summed E-state index contributed by atoms with van der Waals surface area (Å²) in [4.78, 5) is 0. The molecule has 0 radical (unpaired) electrons. The van der Waals surface area contributed by atoms with Crippen LogP contribution in [0.15, 0.2) is 48.5 Å². The lowest BCUT2D eigenvalue weighted by molar-refractivity contribution is 0.0759. The minimum atomic E-state index is 0.527. The molecular formula is C22H31N3O3. The van der Waals surface area contributed by atoms with Crippen LogP contribution in [0.1, 0.15) is 11.1 Å². The molecule has 0 fully saturated rings. The summed E-state index contributed by atoms with van der Waals surface area (Å²) in [6.45, 7) is 7.40. The predicted octanol–water partition coefficient (Wildman–Crippen LogP) is 1.94. The monoisotopic (exact) mass is 385 g/mol. The number of rotatable bonds is 0. The van der Waals surface area contributed by atoms with Gasteiger partial charge in [-0.1, -0.05) is 36.4 Å². The normalized spacial score (nSPS) is 18.0. The maximum atomic E-state index is 5.90. The zero-order chi connectivity index (χ0) is 19.3. The highest BCUT2D eigenvalue weighted by molar-refractivity contribution is 5.33. The third kappa shape index (κ3) is 7.13. The summed E-state index contributed by atoms with van der Waals surface area (Å²) < 4.78 is 17.4. The molecule has 1 aliphatic rings. The van der Waals surface area contributed by atoms with E-state index in [1.54, 1.807) is 0 Å². The van der Waals surface area contributed by atoms with Crippen LogP contribution < -0.4 is 25.4 Å². The van der Waals surface area contributed by atoms with Crippen molar-refractivity contribution in [3.63, 3.8) is 0 Å². The van der Waals surface area contributed by atoms with Crippen LogP contribution >= 0.6 is 0 Å². The molecule has 1 heterocycles. The van der Waals surface area contributed by atoms with Crippen LogP contribution in [0, 0.1) is 0 Å². The highest BCUT2D eigenvalue weighted by atomic mass is 16.5. The molecular weight excluding hydrogens is 354 g/mol. The molecule has 0 bridgehead atoms. The standard InChI is InChI=1S/C22H31N3O3/c1-3-7-21-19(5-1)17-24-11-9-23-10-12-25-18-20-6-2-4-8-22(20)28-16-14-26-13-15-27-21/h1-8,23-25H,9-18H2. The minimum Gasteiger partial charge on any atom is -0.491 e. The summed E-state index contributed by atoms with van der Waals surface area (Å²) in [5.74, 6) is 1.82. The quantitative estimate of drug-likeness (QED) is 0.644. The Bertz CT molecular complexity index is 639. The van der Waals surface area contributed by atoms with E-state index in [0.717, 1.165) is 50.8 Å². The second-order valence-corrected chi connectivity index (χ2v) is 6.63. The Morgan fingerprint density at radius 2 is 1.00 bits per heavy atom. The number of para-hydroxylation sites is 2. The topological polar surface area (TPSA) is 63.8 Å². The third-order valence-corrected chi connectivity index (χ3v) is 4.50. The van der Waals surface area contributed by atoms with Gasteiger partial charge in [0.1, 0.15) is 24.7 Å². The van der Waals surface area contributed by atoms with Gasteiger partial charge in [-0.25, -0.2) is 0 Å². The second kappa shape index (κ2) is 12.4. The first-order chi connectivity index (χ1) is 13.9. The predicted molar refractivity (Wildman–Crippen MR) is 111 cm³/mol. The van der Waals surface area contributed by atoms with E-state index >= 15 is 0 Å². The van der Waals surface area contributed by atoms with Crippen molar-refractivity contribution in [1.82, 2.24) is 16.0 Å². The first kappa shape index (κ1) is 20.6. The summed E-state index contributed by atoms with van der Waals surface area (Å²) in [6, 6.07) is 16.3. The van der Waals surface area contributed by atoms with Crippen molar-refractivity contribution in [1.29, 1.82) is 0 Å². The van der Waals surface area contributed by atoms with Crippen LogP contribution in [-0.4, -0.2) is 52.6 Å². The maximum absolute atomic E-state index is 5.90. The van der Waals surface area contributed by atoms with Crippen LogP contribution in [0.2, 0.25) is 0 Å². The lowest BCUT2D eigenvalue weighted by Gasteiger charge is -2.14. The Morgan fingerprint density at radius 3 is 1.54 bits per heavy atom. The van der Waals surface area contributed by atoms with Gasteiger partial charge in [-0.3, -0.25) is 0 Å². The Kier molecular flexibility index (Phi) is 9.10. The molecule has 0 spiro atoms. The average Bonchev–Trinajstić information content (AvgIpc) is 2.73. The van der Waals surface area contributed by atoms with Crippen LogP contribution in [0.5, 0.6) is 11.5 Å². The lowest BCUT2D eigenvalue weighted by atomic mass is 10.2. The molecule has 3 rings (SSSR count). The van der Waals surface area contributed by atoms with E-state index in [1.807, 2.05) is 36.4 Å². The molecule has 1 aliphatic heterocycles. The van der Waals surface area contributed by atoms with Gasteiger partial charge in [0.15, 0.2) is 0 Å². The number of nitrogens with one attached hydrogen (secondary N) is 3. The molecule has 0 aromatic heterocycles. The van der Waals surface area contributed by atoms with Crippen LogP contribution in [0.3, 0.4) is 0 Å². The van der Waals surface area contributed by atoms with Crippen LogP contribution in [0.25, 0.3) is 0 Å². The zero-order valence-electron chi connectivity index (χ0n) is 16.4. The van der Waals surface area contributed by atoms with Gasteiger partial charge in [0.2, 0.25) is 0 Å². The SMILES string of the molecule is c1ccc2c(c1)CNCCNCCNCc1ccccc1OCCOCCO2. The molecule has 3 N–H and O–H groups in total. The molecule has 2 aromatic carbocycles. The van der Waals surface area contributed by atoms with Crippen molar-refractivity contribution >= 4 is 0 Å². The summed E-state index contributed by atoms with van der Waals surface area (Å²) in [6.07, 6.45) is 0. The van der Waals surface area contributed by atoms with Gasteiger partial charge >= 0.3 is 0 Å². The Balaban J connectivity index is 1.53. The molecule has 152 valence electrons. The molecule has 0 saturated carbocycles. The molecule has 0 saturated heterocycles. The molecule has 0 atom stereocenters. The fraction of sp³-hybridized carbons (Fsp3) is 0.455. The van der Waals surface area contributed by atoms with Crippen molar-refractivity contribution in [2.45, 2.75) is 13.1 Å². The summed E-state index contributed by atoms with van der Waals surface area (Å²) in [5, 5.41) is 10.4. The number of ether oxygens (including phenoxy) is 3. The average molecular weight is 386 g/mol. The van der Waals surface area contributed by atoms with E-state index in [4.69, 9.17) is 14.2 Å². The van der Waals surface area contributed by atoms with E-state index in [-0.39, 0.29) is 0 Å². The zero-order valence-corrected chi connectivity index (χ0v) is 16.4. The smallest absolute Gasteiger partial charge is 0.123 e. The van der Waals surface area contributed by atoms with Gasteiger partial charge < -0.3 is 30.2 Å². The van der Waals surface area contributed by atoms with Crippen molar-refractivity contribution in [3.05, 3.63) is 59.7 Å². The first-order valence-electron chi connectivity index (χ1n) is 10.0. The molecule has 2 aromatic rings. The number of hydrogen-bond donors (Lipinski definition) is 3. The van der Waals surface area contributed by atoms with Crippen molar-refractivity contribution in [2.24, 2.45) is 0 Å². The second-order valence-electron chi connectivity index (χ2n) is 6.63. The Morgan fingerprint density at radius 1 is 0.536 bits per heavy atom. The Labute approximate surface area is 167 Å². The summed E-state index contributed by atoms with van der Waals surface area (Å²) in [7, 11) is 0. The first-order valence-corrected chi connectivity index (χ1v) is 10.0. The number of hydrogen-bond acceptors (Lipinski definition) is 6. The van der Waals surface area contributed by atoms with E-state index in [1.165, 1.54) is 11.1 Å². The van der Waals surface area contributed by atoms with Crippen molar-refractivity contribution < 1.29 is 14.2 Å².